The predicted molar refractivity (Wildman–Crippen MR) is 115 cm³/mol. The molecular formula is C21H20ClN3O2S. The topological polar surface area (TPSA) is 45.7 Å². The molecule has 4 rings (SSSR count). The Bertz CT molecular complexity index is 1010. The zero-order valence-electron chi connectivity index (χ0n) is 15.5. The van der Waals surface area contributed by atoms with Gasteiger partial charge in [-0.3, -0.25) is 4.79 Å². The van der Waals surface area contributed by atoms with Crippen molar-refractivity contribution in [1.82, 2.24) is 9.88 Å². The lowest BCUT2D eigenvalue weighted by molar-refractivity contribution is -0.126. The Labute approximate surface area is 172 Å². The van der Waals surface area contributed by atoms with E-state index >= 15 is 0 Å². The van der Waals surface area contributed by atoms with Crippen LogP contribution >= 0.6 is 22.9 Å². The van der Waals surface area contributed by atoms with Crippen molar-refractivity contribution in [3.8, 4) is 5.75 Å². The molecule has 2 aromatic carbocycles. The van der Waals surface area contributed by atoms with Crippen molar-refractivity contribution in [2.45, 2.75) is 0 Å². The zero-order valence-corrected chi connectivity index (χ0v) is 17.0. The van der Waals surface area contributed by atoms with E-state index in [2.05, 4.69) is 4.90 Å². The van der Waals surface area contributed by atoms with Gasteiger partial charge in [-0.2, -0.15) is 0 Å². The molecule has 0 unspecified atom stereocenters. The molecule has 0 atom stereocenters. The van der Waals surface area contributed by atoms with Gasteiger partial charge in [-0.15, -0.1) is 0 Å². The average molecular weight is 414 g/mol. The highest BCUT2D eigenvalue weighted by Crippen LogP contribution is 2.31. The first kappa shape index (κ1) is 18.8. The van der Waals surface area contributed by atoms with Crippen molar-refractivity contribution in [1.29, 1.82) is 0 Å². The Balaban J connectivity index is 1.36. The van der Waals surface area contributed by atoms with Gasteiger partial charge in [0.2, 0.25) is 5.91 Å². The Morgan fingerprint density at radius 2 is 1.89 bits per heavy atom. The van der Waals surface area contributed by atoms with E-state index in [9.17, 15) is 4.79 Å². The molecule has 1 aliphatic heterocycles. The SMILES string of the molecule is COc1ccc(/C=C/C(=O)N2CCN(c3nc4ccc(Cl)cc4s3)CC2)cc1. The van der Waals surface area contributed by atoms with Crippen molar-refractivity contribution < 1.29 is 9.53 Å². The molecule has 0 radical (unpaired) electrons. The Morgan fingerprint density at radius 1 is 1.14 bits per heavy atom. The molecule has 2 heterocycles. The number of halogens is 1. The summed E-state index contributed by atoms with van der Waals surface area (Å²) in [5.74, 6) is 0.836. The fraction of sp³-hybridized carbons (Fsp3) is 0.238. The number of rotatable bonds is 4. The minimum atomic E-state index is 0.0338. The number of methoxy groups -OCH3 is 1. The number of hydrogen-bond acceptors (Lipinski definition) is 5. The summed E-state index contributed by atoms with van der Waals surface area (Å²) in [5, 5.41) is 1.71. The Hall–Kier alpha value is -2.57. The number of benzene rings is 2. The van der Waals surface area contributed by atoms with Gasteiger partial charge in [0.15, 0.2) is 5.13 Å². The Morgan fingerprint density at radius 3 is 2.61 bits per heavy atom. The molecule has 1 aromatic heterocycles. The lowest BCUT2D eigenvalue weighted by Crippen LogP contribution is -2.48. The van der Waals surface area contributed by atoms with Gasteiger partial charge in [0.25, 0.3) is 0 Å². The van der Waals surface area contributed by atoms with Crippen molar-refractivity contribution in [2.24, 2.45) is 0 Å². The molecule has 1 fully saturated rings. The minimum absolute atomic E-state index is 0.0338. The van der Waals surface area contributed by atoms with Crippen molar-refractivity contribution in [3.05, 3.63) is 59.1 Å². The van der Waals surface area contributed by atoms with E-state index in [0.717, 1.165) is 44.8 Å². The lowest BCUT2D eigenvalue weighted by Gasteiger charge is -2.34. The van der Waals surface area contributed by atoms with E-state index < -0.39 is 0 Å². The van der Waals surface area contributed by atoms with E-state index in [1.54, 1.807) is 24.5 Å². The number of fused-ring (bicyclic) bond motifs is 1. The molecule has 0 saturated carbocycles. The average Bonchev–Trinajstić information content (AvgIpc) is 3.15. The van der Waals surface area contributed by atoms with E-state index in [-0.39, 0.29) is 5.91 Å². The molecule has 0 bridgehead atoms. The summed E-state index contributed by atoms with van der Waals surface area (Å²) in [7, 11) is 1.64. The van der Waals surface area contributed by atoms with Gasteiger partial charge in [0.05, 0.1) is 17.3 Å². The summed E-state index contributed by atoms with van der Waals surface area (Å²) >= 11 is 7.71. The van der Waals surface area contributed by atoms with Crippen molar-refractivity contribution in [3.63, 3.8) is 0 Å². The number of piperazine rings is 1. The van der Waals surface area contributed by atoms with Crippen molar-refractivity contribution in [2.75, 3.05) is 38.2 Å². The van der Waals surface area contributed by atoms with Crippen LogP contribution in [0.1, 0.15) is 5.56 Å². The van der Waals surface area contributed by atoms with Crippen LogP contribution in [-0.2, 0) is 4.79 Å². The van der Waals surface area contributed by atoms with Crippen LogP contribution in [0.2, 0.25) is 5.02 Å². The van der Waals surface area contributed by atoms with Gasteiger partial charge >= 0.3 is 0 Å². The van der Waals surface area contributed by atoms with Gasteiger partial charge in [-0.1, -0.05) is 35.1 Å². The second-order valence-corrected chi connectivity index (χ2v) is 7.97. The maximum atomic E-state index is 12.5. The molecule has 5 nitrogen and oxygen atoms in total. The third-order valence-corrected chi connectivity index (χ3v) is 6.05. The van der Waals surface area contributed by atoms with Crippen LogP contribution in [0.25, 0.3) is 16.3 Å². The number of nitrogens with zero attached hydrogens (tertiary/aromatic N) is 3. The zero-order chi connectivity index (χ0) is 19.5. The molecule has 0 spiro atoms. The summed E-state index contributed by atoms with van der Waals surface area (Å²) in [6.45, 7) is 2.91. The highest BCUT2D eigenvalue weighted by Gasteiger charge is 2.22. The van der Waals surface area contributed by atoms with Gasteiger partial charge in [0.1, 0.15) is 5.75 Å². The summed E-state index contributed by atoms with van der Waals surface area (Å²) in [4.78, 5) is 21.3. The molecule has 3 aromatic rings. The minimum Gasteiger partial charge on any atom is -0.497 e. The van der Waals surface area contributed by atoms with E-state index in [0.29, 0.717) is 13.1 Å². The van der Waals surface area contributed by atoms with Crippen LogP contribution in [0.15, 0.2) is 48.5 Å². The van der Waals surface area contributed by atoms with Crippen LogP contribution in [0.3, 0.4) is 0 Å². The number of aromatic nitrogens is 1. The third kappa shape index (κ3) is 4.13. The second kappa shape index (κ2) is 8.20. The van der Waals surface area contributed by atoms with Gasteiger partial charge in [0, 0.05) is 37.3 Å². The number of thiazole rings is 1. The first-order valence-electron chi connectivity index (χ1n) is 9.04. The summed E-state index contributed by atoms with van der Waals surface area (Å²) in [6, 6.07) is 13.4. The van der Waals surface area contributed by atoms with E-state index in [4.69, 9.17) is 21.3 Å². The molecule has 1 saturated heterocycles. The highest BCUT2D eigenvalue weighted by molar-refractivity contribution is 7.22. The molecule has 0 aliphatic carbocycles. The normalized spacial score (nSPS) is 14.8. The lowest BCUT2D eigenvalue weighted by atomic mass is 10.2. The van der Waals surface area contributed by atoms with E-state index in [1.165, 1.54) is 0 Å². The molecule has 1 aliphatic rings. The molecular weight excluding hydrogens is 394 g/mol. The summed E-state index contributed by atoms with van der Waals surface area (Å²) < 4.78 is 6.23. The molecule has 0 N–H and O–H groups in total. The largest absolute Gasteiger partial charge is 0.497 e. The van der Waals surface area contributed by atoms with Crippen LogP contribution in [-0.4, -0.2) is 49.1 Å². The Kier molecular flexibility index (Phi) is 5.50. The number of ether oxygens (including phenoxy) is 1. The molecule has 144 valence electrons. The van der Waals surface area contributed by atoms with E-state index in [1.807, 2.05) is 53.4 Å². The molecule has 28 heavy (non-hydrogen) atoms. The maximum Gasteiger partial charge on any atom is 0.246 e. The van der Waals surface area contributed by atoms with Crippen LogP contribution in [0.4, 0.5) is 5.13 Å². The van der Waals surface area contributed by atoms with Crippen LogP contribution in [0, 0.1) is 0 Å². The standard InChI is InChI=1S/C21H20ClN3O2S/c1-27-17-6-2-15(3-7-17)4-9-20(26)24-10-12-25(13-11-24)21-23-18-8-5-16(22)14-19(18)28-21/h2-9,14H,10-13H2,1H3/b9-4+. The first-order valence-corrected chi connectivity index (χ1v) is 10.2. The number of carbonyl (C=O) groups excluding carboxylic acids is 1. The number of anilines is 1. The van der Waals surface area contributed by atoms with Gasteiger partial charge < -0.3 is 14.5 Å². The maximum absolute atomic E-state index is 12.5. The first-order chi connectivity index (χ1) is 13.6. The highest BCUT2D eigenvalue weighted by atomic mass is 35.5. The summed E-state index contributed by atoms with van der Waals surface area (Å²) in [5.41, 5.74) is 1.94. The number of amides is 1. The quantitative estimate of drug-likeness (QED) is 0.597. The second-order valence-electron chi connectivity index (χ2n) is 6.53. The van der Waals surface area contributed by atoms with Crippen LogP contribution < -0.4 is 9.64 Å². The smallest absolute Gasteiger partial charge is 0.246 e. The number of carbonyl (C=O) groups is 1. The molecule has 7 heteroatoms. The monoisotopic (exact) mass is 413 g/mol. The number of hydrogen-bond donors (Lipinski definition) is 0. The third-order valence-electron chi connectivity index (χ3n) is 4.74. The van der Waals surface area contributed by atoms with Gasteiger partial charge in [-0.05, 0) is 42.0 Å². The predicted octanol–water partition coefficient (Wildman–Crippen LogP) is 4.32. The molecule has 1 amide bonds. The fourth-order valence-corrected chi connectivity index (χ4v) is 4.42. The van der Waals surface area contributed by atoms with Crippen molar-refractivity contribution >= 4 is 50.3 Å². The van der Waals surface area contributed by atoms with Crippen LogP contribution in [0.5, 0.6) is 5.75 Å². The van der Waals surface area contributed by atoms with Gasteiger partial charge in [-0.25, -0.2) is 4.98 Å². The summed E-state index contributed by atoms with van der Waals surface area (Å²) in [6.07, 6.45) is 3.47. The fourth-order valence-electron chi connectivity index (χ4n) is 3.13.